The molecule has 1 aromatic rings. The summed E-state index contributed by atoms with van der Waals surface area (Å²) in [7, 11) is -2.69. The van der Waals surface area contributed by atoms with Gasteiger partial charge in [-0.3, -0.25) is 4.84 Å². The summed E-state index contributed by atoms with van der Waals surface area (Å²) >= 11 is 0. The highest BCUT2D eigenvalue weighted by Crippen LogP contribution is 2.24. The van der Waals surface area contributed by atoms with Crippen molar-refractivity contribution in [1.82, 2.24) is 4.89 Å². The average molecular weight is 275 g/mol. The van der Waals surface area contributed by atoms with Crippen LogP contribution in [0.1, 0.15) is 17.3 Å². The number of carboxylic acids is 1. The van der Waals surface area contributed by atoms with Gasteiger partial charge in [0.2, 0.25) is 0 Å². The quantitative estimate of drug-likeness (QED) is 0.738. The predicted octanol–water partition coefficient (Wildman–Crippen LogP) is 0.623. The van der Waals surface area contributed by atoms with Crippen molar-refractivity contribution >= 4 is 16.0 Å². The Hall–Kier alpha value is -1.64. The fourth-order valence-corrected chi connectivity index (χ4v) is 2.26. The Morgan fingerprint density at radius 1 is 1.44 bits per heavy atom. The first-order chi connectivity index (χ1) is 8.42. The third-order valence-corrected chi connectivity index (χ3v) is 3.25. The van der Waals surface area contributed by atoms with Crippen LogP contribution >= 0.6 is 0 Å². The van der Waals surface area contributed by atoms with Crippen LogP contribution in [-0.4, -0.2) is 33.2 Å². The van der Waals surface area contributed by atoms with E-state index in [1.54, 1.807) is 6.92 Å². The lowest BCUT2D eigenvalue weighted by atomic mass is 10.2. The number of carbonyl (C=O) groups is 1. The molecule has 8 heteroatoms. The summed E-state index contributed by atoms with van der Waals surface area (Å²) in [5.41, 5.74) is -0.160. The van der Waals surface area contributed by atoms with Crippen LogP contribution in [-0.2, 0) is 14.9 Å². The molecular weight excluding hydrogens is 262 g/mol. The van der Waals surface area contributed by atoms with Gasteiger partial charge in [0, 0.05) is 0 Å². The van der Waals surface area contributed by atoms with E-state index >= 15 is 0 Å². The zero-order chi connectivity index (χ0) is 13.8. The predicted molar refractivity (Wildman–Crippen MR) is 61.9 cm³/mol. The van der Waals surface area contributed by atoms with E-state index in [4.69, 9.17) is 9.84 Å². The number of hydrogen-bond acceptors (Lipinski definition) is 5. The Morgan fingerprint density at radius 2 is 2.11 bits per heavy atom. The molecule has 0 saturated heterocycles. The van der Waals surface area contributed by atoms with E-state index in [1.807, 2.05) is 4.89 Å². The molecule has 0 fully saturated rings. The first-order valence-electron chi connectivity index (χ1n) is 4.97. The second-order valence-electron chi connectivity index (χ2n) is 3.19. The number of nitrogens with one attached hydrogen (secondary N) is 1. The minimum Gasteiger partial charge on any atom is -0.495 e. The van der Waals surface area contributed by atoms with Crippen molar-refractivity contribution in [2.24, 2.45) is 0 Å². The maximum absolute atomic E-state index is 11.8. The van der Waals surface area contributed by atoms with Crippen LogP contribution in [0.5, 0.6) is 5.75 Å². The van der Waals surface area contributed by atoms with Gasteiger partial charge < -0.3 is 9.84 Å². The molecule has 0 unspecified atom stereocenters. The molecule has 2 N–H and O–H groups in total. The number of aromatic carboxylic acids is 1. The summed E-state index contributed by atoms with van der Waals surface area (Å²) in [4.78, 5) is 17.0. The van der Waals surface area contributed by atoms with Crippen molar-refractivity contribution in [3.05, 3.63) is 23.8 Å². The molecule has 0 heterocycles. The number of hydrogen-bond donors (Lipinski definition) is 2. The van der Waals surface area contributed by atoms with Crippen LogP contribution in [0.2, 0.25) is 0 Å². The molecular formula is C10H13NO6S. The van der Waals surface area contributed by atoms with E-state index in [1.165, 1.54) is 19.2 Å². The van der Waals surface area contributed by atoms with Crippen LogP contribution in [0.4, 0.5) is 0 Å². The molecule has 0 amide bonds. The minimum absolute atomic E-state index is 0.0344. The minimum atomic E-state index is -3.98. The van der Waals surface area contributed by atoms with Crippen LogP contribution in [0.25, 0.3) is 0 Å². The van der Waals surface area contributed by atoms with Crippen LogP contribution in [0, 0.1) is 0 Å². The van der Waals surface area contributed by atoms with E-state index in [-0.39, 0.29) is 22.8 Å². The molecule has 1 aromatic carbocycles. The smallest absolute Gasteiger partial charge is 0.335 e. The Labute approximate surface area is 104 Å². The van der Waals surface area contributed by atoms with Crippen molar-refractivity contribution in [3.8, 4) is 5.75 Å². The summed E-state index contributed by atoms with van der Waals surface area (Å²) < 4.78 is 28.6. The molecule has 0 aliphatic rings. The lowest BCUT2D eigenvalue weighted by Gasteiger charge is -2.10. The number of rotatable bonds is 6. The number of methoxy groups -OCH3 is 1. The van der Waals surface area contributed by atoms with Crippen molar-refractivity contribution in [2.75, 3.05) is 13.7 Å². The van der Waals surface area contributed by atoms with Crippen molar-refractivity contribution in [3.63, 3.8) is 0 Å². The Kier molecular flexibility index (Phi) is 4.65. The topological polar surface area (TPSA) is 102 Å². The first-order valence-corrected chi connectivity index (χ1v) is 6.45. The molecule has 0 saturated carbocycles. The molecule has 0 bridgehead atoms. The van der Waals surface area contributed by atoms with Gasteiger partial charge in [-0.2, -0.15) is 0 Å². The summed E-state index contributed by atoms with van der Waals surface area (Å²) in [6, 6.07) is 3.52. The monoisotopic (exact) mass is 275 g/mol. The Morgan fingerprint density at radius 3 is 2.61 bits per heavy atom. The van der Waals surface area contributed by atoms with Crippen molar-refractivity contribution in [1.29, 1.82) is 0 Å². The molecule has 1 rings (SSSR count). The highest BCUT2D eigenvalue weighted by atomic mass is 32.2. The van der Waals surface area contributed by atoms with Gasteiger partial charge in [0.15, 0.2) is 0 Å². The molecule has 18 heavy (non-hydrogen) atoms. The van der Waals surface area contributed by atoms with Gasteiger partial charge in [-0.05, 0) is 25.1 Å². The third kappa shape index (κ3) is 3.19. The molecule has 7 nitrogen and oxygen atoms in total. The largest absolute Gasteiger partial charge is 0.495 e. The van der Waals surface area contributed by atoms with Crippen LogP contribution in [0.15, 0.2) is 23.1 Å². The lowest BCUT2D eigenvalue weighted by Crippen LogP contribution is -2.24. The van der Waals surface area contributed by atoms with E-state index in [2.05, 4.69) is 4.84 Å². The van der Waals surface area contributed by atoms with E-state index in [9.17, 15) is 13.2 Å². The van der Waals surface area contributed by atoms with E-state index in [0.717, 1.165) is 6.07 Å². The first kappa shape index (κ1) is 14.4. The van der Waals surface area contributed by atoms with Crippen molar-refractivity contribution in [2.45, 2.75) is 11.8 Å². The molecule has 0 spiro atoms. The molecule has 0 aliphatic carbocycles. The molecule has 0 aliphatic heterocycles. The SMILES string of the molecule is CCONS(=O)(=O)c1cc(C(=O)O)ccc1OC. The summed E-state index contributed by atoms with van der Waals surface area (Å²) in [6.07, 6.45) is 0. The number of ether oxygens (including phenoxy) is 1. The number of carboxylic acid groups (broad SMARTS) is 1. The standard InChI is InChI=1S/C10H13NO6S/c1-3-17-11-18(14,15)9-6-7(10(12)13)4-5-8(9)16-2/h4-6,11H,3H2,1-2H3,(H,12,13). The van der Waals surface area contributed by atoms with Gasteiger partial charge in [-0.25, -0.2) is 13.2 Å². The second kappa shape index (κ2) is 5.80. The third-order valence-electron chi connectivity index (χ3n) is 2.01. The van der Waals surface area contributed by atoms with Crippen LogP contribution in [0.3, 0.4) is 0 Å². The summed E-state index contributed by atoms with van der Waals surface area (Å²) in [5, 5.41) is 8.83. The second-order valence-corrected chi connectivity index (χ2v) is 4.80. The highest BCUT2D eigenvalue weighted by Gasteiger charge is 2.21. The van der Waals surface area contributed by atoms with E-state index < -0.39 is 16.0 Å². The normalized spacial score (nSPS) is 11.2. The molecule has 0 aromatic heterocycles. The van der Waals surface area contributed by atoms with Gasteiger partial charge in [0.05, 0.1) is 19.3 Å². The van der Waals surface area contributed by atoms with Gasteiger partial charge in [-0.1, -0.05) is 4.89 Å². The number of sulfonamides is 1. The van der Waals surface area contributed by atoms with E-state index in [0.29, 0.717) is 0 Å². The fourth-order valence-electron chi connectivity index (χ4n) is 1.20. The Bertz CT molecular complexity index is 539. The van der Waals surface area contributed by atoms with Gasteiger partial charge in [-0.15, -0.1) is 0 Å². The molecule has 0 radical (unpaired) electrons. The van der Waals surface area contributed by atoms with Gasteiger partial charge >= 0.3 is 5.97 Å². The fraction of sp³-hybridized carbons (Fsp3) is 0.300. The zero-order valence-electron chi connectivity index (χ0n) is 9.84. The average Bonchev–Trinajstić information content (AvgIpc) is 2.35. The van der Waals surface area contributed by atoms with Gasteiger partial charge in [0.1, 0.15) is 10.6 Å². The highest BCUT2D eigenvalue weighted by molar-refractivity contribution is 7.89. The van der Waals surface area contributed by atoms with Crippen LogP contribution < -0.4 is 9.62 Å². The summed E-state index contributed by atoms with van der Waals surface area (Å²) in [6.45, 7) is 1.74. The maximum atomic E-state index is 11.8. The molecule has 100 valence electrons. The summed E-state index contributed by atoms with van der Waals surface area (Å²) in [5.74, 6) is -1.20. The molecule has 0 atom stereocenters. The zero-order valence-corrected chi connectivity index (χ0v) is 10.7. The van der Waals surface area contributed by atoms with Gasteiger partial charge in [0.25, 0.3) is 10.0 Å². The maximum Gasteiger partial charge on any atom is 0.335 e. The Balaban J connectivity index is 3.27. The number of benzene rings is 1. The van der Waals surface area contributed by atoms with Crippen molar-refractivity contribution < 1.29 is 27.9 Å². The lowest BCUT2D eigenvalue weighted by molar-refractivity contribution is 0.0696.